The average molecular weight is 1360 g/mol. The fourth-order valence-electron chi connectivity index (χ4n) is 17.2. The van der Waals surface area contributed by atoms with Crippen molar-refractivity contribution in [3.8, 4) is 56.4 Å². The summed E-state index contributed by atoms with van der Waals surface area (Å²) in [4.78, 5) is 8.97. The van der Waals surface area contributed by atoms with Crippen LogP contribution in [0.4, 0.5) is 0 Å². The molecule has 22 rings (SSSR count). The minimum atomic E-state index is 0.0911. The molecule has 8 aromatic heterocycles. The van der Waals surface area contributed by atoms with Crippen LogP contribution >= 0.6 is 0 Å². The Morgan fingerprint density at radius 1 is 0.189 bits per heavy atom. The summed E-state index contributed by atoms with van der Waals surface area (Å²) in [6.45, 7) is 6.82. The molecule has 0 aliphatic heterocycles. The molecule has 0 N–H and O–H groups in total. The summed E-state index contributed by atoms with van der Waals surface area (Å²) in [5.74, 6) is 0. The van der Waals surface area contributed by atoms with Gasteiger partial charge in [-0.1, -0.05) is 191 Å². The Bertz CT molecular complexity index is 6680. The maximum absolute atomic E-state index is 4.49. The minimum Gasteiger partial charge on any atom is -0.309 e. The van der Waals surface area contributed by atoms with Gasteiger partial charge in [-0.05, 0) is 186 Å². The maximum atomic E-state index is 4.49. The van der Waals surface area contributed by atoms with Gasteiger partial charge in [-0.15, -0.1) is 0 Å². The van der Waals surface area contributed by atoms with Crippen LogP contribution in [0.25, 0.3) is 187 Å². The van der Waals surface area contributed by atoms with E-state index in [1.165, 1.54) is 131 Å². The topological polar surface area (TPSA) is 55.4 Å². The van der Waals surface area contributed by atoms with Gasteiger partial charge < -0.3 is 27.4 Å². The number of hydrogen-bond donors (Lipinski definition) is 0. The molecule has 8 heterocycles. The SMILES string of the molecule is CC(C)(C)c1ccc(-n2c3ccc(-n4c5ccccc5c5ccccc54)cc3c3cc(-n4c5ccccc5c5ccccc54)ccc32)cc1.c1cncc(-c2cc(-c3cccnc3)cc(-n3c4ccc(-n5c6ccccc6c6ccccc65)cc4c4cc(-n5c6ccccc6c6ccccc65)ccc43)c2)c1. The summed E-state index contributed by atoms with van der Waals surface area (Å²) in [6, 6.07) is 122. The first-order valence-corrected chi connectivity index (χ1v) is 36.4. The molecule has 0 saturated heterocycles. The van der Waals surface area contributed by atoms with Crippen molar-refractivity contribution in [3.05, 3.63) is 364 Å². The molecule has 0 fully saturated rings. The van der Waals surface area contributed by atoms with Gasteiger partial charge in [-0.25, -0.2) is 0 Å². The number of rotatable bonds is 8. The zero-order chi connectivity index (χ0) is 70.3. The molecule has 0 radical (unpaired) electrons. The summed E-state index contributed by atoms with van der Waals surface area (Å²) in [7, 11) is 0. The fraction of sp³-hybridized carbons (Fsp3) is 0.0408. The van der Waals surface area contributed by atoms with Gasteiger partial charge in [0.15, 0.2) is 0 Å². The highest BCUT2D eigenvalue weighted by Gasteiger charge is 2.24. The quantitative estimate of drug-likeness (QED) is 0.152. The minimum absolute atomic E-state index is 0.0911. The zero-order valence-corrected chi connectivity index (χ0v) is 58.6. The average Bonchev–Trinajstić information content (AvgIpc) is 1.57. The third-order valence-corrected chi connectivity index (χ3v) is 22.0. The molecule has 0 spiro atoms. The largest absolute Gasteiger partial charge is 0.309 e. The number of fused-ring (bicyclic) bond motifs is 18. The molecular weight excluding hydrogens is 1290 g/mol. The Labute approximate surface area is 611 Å². The van der Waals surface area contributed by atoms with Crippen LogP contribution < -0.4 is 0 Å². The van der Waals surface area contributed by atoms with E-state index in [1.54, 1.807) is 0 Å². The van der Waals surface area contributed by atoms with E-state index in [0.29, 0.717) is 0 Å². The first kappa shape index (κ1) is 60.9. The number of para-hydroxylation sites is 8. The standard InChI is InChI=1S/C52H33N5.C46H35N3/c1-5-17-47-41(13-1)42-14-2-6-18-48(42)55(47)38-21-23-51-45(30-38)46-31-39(56-49-19-7-3-15-43(49)44-16-4-8-20-50(44)56)22-24-52(46)57(51)40-28-36(34-11-9-25-53-32-34)27-37(29-40)35-12-10-26-54-33-35;1-46(2,3)30-20-22-31(23-21-30)47-44-26-24-32(48-40-16-8-4-12-34(40)35-13-5-9-17-41(35)48)28-38(44)39-29-33(25-27-45(39)47)49-42-18-10-6-14-36(42)37-15-7-11-19-43(37)49/h1-33H;4-29H,1-3H3. The highest BCUT2D eigenvalue weighted by atomic mass is 15.0. The molecule has 0 aliphatic carbocycles. The Kier molecular flexibility index (Phi) is 13.7. The second-order valence-corrected chi connectivity index (χ2v) is 29.0. The predicted octanol–water partition coefficient (Wildman–Crippen LogP) is 25.4. The Balaban J connectivity index is 0.000000138. The van der Waals surface area contributed by atoms with Crippen molar-refractivity contribution in [2.24, 2.45) is 0 Å². The van der Waals surface area contributed by atoms with E-state index in [2.05, 4.69) is 380 Å². The van der Waals surface area contributed by atoms with Crippen LogP contribution in [-0.4, -0.2) is 37.4 Å². The van der Waals surface area contributed by atoms with Gasteiger partial charge in [-0.2, -0.15) is 0 Å². The summed E-state index contributed by atoms with van der Waals surface area (Å²) in [6.07, 6.45) is 7.53. The van der Waals surface area contributed by atoms with E-state index in [-0.39, 0.29) is 5.41 Å². The van der Waals surface area contributed by atoms with Crippen LogP contribution in [0.2, 0.25) is 0 Å². The molecule has 22 aromatic rings. The predicted molar refractivity (Wildman–Crippen MR) is 444 cm³/mol. The molecule has 0 aliphatic rings. The molecule has 500 valence electrons. The van der Waals surface area contributed by atoms with E-state index in [9.17, 15) is 0 Å². The van der Waals surface area contributed by atoms with Crippen LogP contribution in [0.3, 0.4) is 0 Å². The lowest BCUT2D eigenvalue weighted by Crippen LogP contribution is -2.10. The fourth-order valence-corrected chi connectivity index (χ4v) is 17.2. The monoisotopic (exact) mass is 1360 g/mol. The molecule has 8 nitrogen and oxygen atoms in total. The lowest BCUT2D eigenvalue weighted by Gasteiger charge is -2.19. The molecule has 106 heavy (non-hydrogen) atoms. The molecule has 8 heteroatoms. The Morgan fingerprint density at radius 3 is 0.679 bits per heavy atom. The highest BCUT2D eigenvalue weighted by Crippen LogP contribution is 2.44. The van der Waals surface area contributed by atoms with E-state index < -0.39 is 0 Å². The van der Waals surface area contributed by atoms with Crippen molar-refractivity contribution in [1.82, 2.24) is 37.4 Å². The molecule has 0 unspecified atom stereocenters. The third-order valence-electron chi connectivity index (χ3n) is 22.0. The molecule has 0 amide bonds. The number of aromatic nitrogens is 8. The van der Waals surface area contributed by atoms with Crippen LogP contribution in [-0.2, 0) is 5.41 Å². The second kappa shape index (κ2) is 23.9. The van der Waals surface area contributed by atoms with Gasteiger partial charge in [0.1, 0.15) is 0 Å². The second-order valence-electron chi connectivity index (χ2n) is 29.0. The van der Waals surface area contributed by atoms with Gasteiger partial charge in [0, 0.05) is 135 Å². The van der Waals surface area contributed by atoms with Gasteiger partial charge in [0.25, 0.3) is 0 Å². The van der Waals surface area contributed by atoms with Gasteiger partial charge in [0.2, 0.25) is 0 Å². The Hall–Kier alpha value is -13.8. The molecule has 0 bridgehead atoms. The summed E-state index contributed by atoms with van der Waals surface area (Å²) < 4.78 is 14.5. The maximum Gasteiger partial charge on any atom is 0.0542 e. The number of nitrogens with zero attached hydrogens (tertiary/aromatic N) is 8. The van der Waals surface area contributed by atoms with Crippen molar-refractivity contribution in [3.63, 3.8) is 0 Å². The first-order chi connectivity index (χ1) is 52.2. The normalized spacial score (nSPS) is 12.1. The van der Waals surface area contributed by atoms with Crippen molar-refractivity contribution >= 4 is 131 Å². The Morgan fingerprint density at radius 2 is 0.425 bits per heavy atom. The third kappa shape index (κ3) is 9.54. The van der Waals surface area contributed by atoms with E-state index in [1.807, 2.05) is 36.9 Å². The van der Waals surface area contributed by atoms with Crippen LogP contribution in [0, 0.1) is 0 Å². The number of benzene rings is 14. The number of pyridine rings is 2. The molecular formula is C98H68N8. The molecule has 14 aromatic carbocycles. The van der Waals surface area contributed by atoms with Crippen molar-refractivity contribution in [2.75, 3.05) is 0 Å². The van der Waals surface area contributed by atoms with Gasteiger partial charge >= 0.3 is 0 Å². The van der Waals surface area contributed by atoms with Crippen LogP contribution in [0.5, 0.6) is 0 Å². The zero-order valence-electron chi connectivity index (χ0n) is 58.6. The van der Waals surface area contributed by atoms with Crippen molar-refractivity contribution in [2.45, 2.75) is 26.2 Å². The van der Waals surface area contributed by atoms with Crippen LogP contribution in [0.15, 0.2) is 358 Å². The lowest BCUT2D eigenvalue weighted by molar-refractivity contribution is 0.590. The van der Waals surface area contributed by atoms with Gasteiger partial charge in [0.05, 0.1) is 66.2 Å². The van der Waals surface area contributed by atoms with Gasteiger partial charge in [-0.3, -0.25) is 9.97 Å². The summed E-state index contributed by atoms with van der Waals surface area (Å²) in [5, 5.41) is 14.9. The lowest BCUT2D eigenvalue weighted by atomic mass is 9.87. The summed E-state index contributed by atoms with van der Waals surface area (Å²) in [5.41, 5.74) is 26.9. The highest BCUT2D eigenvalue weighted by molar-refractivity contribution is 6.17. The first-order valence-electron chi connectivity index (χ1n) is 36.4. The van der Waals surface area contributed by atoms with E-state index in [4.69, 9.17) is 0 Å². The molecule has 0 saturated carbocycles. The van der Waals surface area contributed by atoms with Crippen molar-refractivity contribution in [1.29, 1.82) is 0 Å². The van der Waals surface area contributed by atoms with Crippen molar-refractivity contribution < 1.29 is 0 Å². The smallest absolute Gasteiger partial charge is 0.0542 e. The molecule has 0 atom stereocenters. The van der Waals surface area contributed by atoms with Crippen LogP contribution in [0.1, 0.15) is 26.3 Å². The number of hydrogen-bond acceptors (Lipinski definition) is 2. The summed E-state index contributed by atoms with van der Waals surface area (Å²) >= 11 is 0. The van der Waals surface area contributed by atoms with E-state index >= 15 is 0 Å². The van der Waals surface area contributed by atoms with E-state index in [0.717, 1.165) is 61.7 Å².